The number of esters is 1. The number of aliphatic hydroxyl groups is 1. The van der Waals surface area contributed by atoms with Crippen LogP contribution >= 0.6 is 0 Å². The number of aromatic hydroxyl groups is 2. The zero-order valence-electron chi connectivity index (χ0n) is 44.3. The van der Waals surface area contributed by atoms with Crippen LogP contribution in [0.3, 0.4) is 0 Å². The van der Waals surface area contributed by atoms with Crippen LogP contribution in [0.1, 0.15) is 58.2 Å². The molecule has 0 atom stereocenters. The smallest absolute Gasteiger partial charge is 0.870 e. The molecule has 1 heterocycles. The number of aromatic nitrogens is 2. The van der Waals surface area contributed by atoms with Crippen LogP contribution < -0.4 is 71.3 Å². The Kier molecular flexibility index (Phi) is 31.3. The molecule has 1 aliphatic rings. The number of benzene rings is 5. The quantitative estimate of drug-likeness (QED) is 0.0179. The van der Waals surface area contributed by atoms with Crippen molar-refractivity contribution in [3.63, 3.8) is 0 Å². The second-order valence-corrected chi connectivity index (χ2v) is 16.0. The first-order chi connectivity index (χ1) is 36.7. The Morgan fingerprint density at radius 2 is 1.23 bits per heavy atom. The van der Waals surface area contributed by atoms with E-state index >= 15 is 0 Å². The molecule has 0 bridgehead atoms. The van der Waals surface area contributed by atoms with Gasteiger partial charge in [-0.3, -0.25) is 19.2 Å². The van der Waals surface area contributed by atoms with Crippen molar-refractivity contribution in [3.05, 3.63) is 189 Å². The fourth-order valence-electron chi connectivity index (χ4n) is 6.30. The van der Waals surface area contributed by atoms with Gasteiger partial charge in [-0.25, -0.2) is 19.2 Å². The van der Waals surface area contributed by atoms with Gasteiger partial charge in [-0.15, -0.1) is 0 Å². The first kappa shape index (κ1) is 68.7. The van der Waals surface area contributed by atoms with Crippen LogP contribution in [0.5, 0.6) is 28.7 Å². The van der Waals surface area contributed by atoms with Gasteiger partial charge in [-0.2, -0.15) is 4.98 Å². The zero-order valence-corrected chi connectivity index (χ0v) is 47.4. The molecule has 408 valence electrons. The number of carboxylic acids is 2. The number of aryl methyl sites for hydroxylation is 2. The summed E-state index contributed by atoms with van der Waals surface area (Å²) in [4.78, 5) is 94.9. The number of aliphatic hydroxyl groups excluding tert-OH is 1. The number of phenolic OH excluding ortho intramolecular Hbond substituents is 2. The van der Waals surface area contributed by atoms with Crippen LogP contribution in [0.25, 0.3) is 28.6 Å². The van der Waals surface area contributed by atoms with Crippen molar-refractivity contribution < 1.29 is 135 Å². The molecule has 1 aromatic heterocycles. The van der Waals surface area contributed by atoms with Gasteiger partial charge in [0.2, 0.25) is 5.78 Å². The molecule has 0 saturated carbocycles. The summed E-state index contributed by atoms with van der Waals surface area (Å²) in [5.41, 5.74) is 6.08. The van der Waals surface area contributed by atoms with Crippen LogP contribution in [0.2, 0.25) is 0 Å². The summed E-state index contributed by atoms with van der Waals surface area (Å²) in [5.74, 6) is -1.17. The van der Waals surface area contributed by atoms with Gasteiger partial charge in [0.1, 0.15) is 40.6 Å². The van der Waals surface area contributed by atoms with Crippen LogP contribution in [-0.4, -0.2) is 116 Å². The molecular weight excluding hydrogens is 1050 g/mol. The number of allylic oxidation sites excluding steroid dienone is 5. The number of carboxylic acid groups (broad SMARTS) is 2. The van der Waals surface area contributed by atoms with Gasteiger partial charge in [0.25, 0.3) is 5.78 Å². The maximum atomic E-state index is 12.1. The number of ether oxygens (including phenoxy) is 4. The number of rotatable bonds is 17. The molecule has 0 spiro atoms. The summed E-state index contributed by atoms with van der Waals surface area (Å²) >= 11 is 0. The molecule has 0 fully saturated rings. The maximum absolute atomic E-state index is 12.1. The third-order valence-corrected chi connectivity index (χ3v) is 10.1. The Morgan fingerprint density at radius 1 is 0.684 bits per heavy atom. The largest absolute Gasteiger partial charge is 1.00 e. The van der Waals surface area contributed by atoms with E-state index < -0.39 is 36.8 Å². The number of phenols is 2. The van der Waals surface area contributed by atoms with Gasteiger partial charge >= 0.3 is 75.0 Å². The Balaban J connectivity index is 0.000000540. The third-order valence-electron chi connectivity index (χ3n) is 10.1. The number of aldehydes is 1. The van der Waals surface area contributed by atoms with Gasteiger partial charge in [0.05, 0.1) is 42.1 Å². The Hall–Kier alpha value is -8.28. The molecule has 0 radical (unpaired) electrons. The molecule has 0 amide bonds. The fourth-order valence-corrected chi connectivity index (χ4v) is 6.30. The number of Topliss-reactive ketones (excluding diaryl/α,β-unsaturated/α-hetero) is 2. The number of hydrogen-bond acceptors (Lipinski definition) is 17. The topological polar surface area (TPSA) is 333 Å². The molecule has 21 heteroatoms. The Bertz CT molecular complexity index is 3220. The minimum Gasteiger partial charge on any atom is -0.870 e. The van der Waals surface area contributed by atoms with E-state index in [2.05, 4.69) is 14.7 Å². The van der Waals surface area contributed by atoms with Crippen LogP contribution in [-0.2, 0) is 28.7 Å². The molecule has 7 rings (SSSR count). The Morgan fingerprint density at radius 3 is 1.77 bits per heavy atom. The summed E-state index contributed by atoms with van der Waals surface area (Å²) in [6.45, 7) is 7.72. The molecule has 1 aliphatic carbocycles. The number of nitrogens with one attached hydrogen (secondary N) is 1. The number of nitrogens with zero attached hydrogens (tertiary/aromatic N) is 1. The summed E-state index contributed by atoms with van der Waals surface area (Å²) in [6, 6.07) is 31.4. The summed E-state index contributed by atoms with van der Waals surface area (Å²) in [5, 5.41) is 43.4. The van der Waals surface area contributed by atoms with Crippen molar-refractivity contribution >= 4 is 47.6 Å². The third kappa shape index (κ3) is 24.7. The van der Waals surface area contributed by atoms with Crippen molar-refractivity contribution in [2.24, 2.45) is 0 Å². The summed E-state index contributed by atoms with van der Waals surface area (Å²) in [6.07, 6.45) is 8.35. The molecule has 6 aromatic rings. The fraction of sp³-hybridized carbons (Fsp3) is 0.172. The van der Waals surface area contributed by atoms with E-state index in [1.165, 1.54) is 25.5 Å². The number of aliphatic carboxylic acids is 2. The van der Waals surface area contributed by atoms with Crippen molar-refractivity contribution in [1.29, 1.82) is 0 Å². The van der Waals surface area contributed by atoms with E-state index in [0.717, 1.165) is 24.5 Å². The maximum Gasteiger partial charge on any atom is 1.00 e. The summed E-state index contributed by atoms with van der Waals surface area (Å²) in [7, 11) is 1.00. The average Bonchev–Trinajstić information content (AvgIpc) is 3.43. The summed E-state index contributed by atoms with van der Waals surface area (Å²) < 4.78 is 20.1. The van der Waals surface area contributed by atoms with Crippen molar-refractivity contribution in [3.8, 4) is 51.3 Å². The predicted octanol–water partition coefficient (Wildman–Crippen LogP) is 4.75. The molecule has 0 unspecified atom stereocenters. The van der Waals surface area contributed by atoms with Crippen LogP contribution in [0.4, 0.5) is 0 Å². The Labute approximate surface area is 497 Å². The van der Waals surface area contributed by atoms with E-state index in [4.69, 9.17) is 29.5 Å². The van der Waals surface area contributed by atoms with Crippen LogP contribution in [0, 0.1) is 20.3 Å². The number of aromatic amines is 1. The van der Waals surface area contributed by atoms with E-state index in [0.29, 0.717) is 74.2 Å². The first-order valence-corrected chi connectivity index (χ1v) is 23.1. The van der Waals surface area contributed by atoms with Gasteiger partial charge in [0, 0.05) is 37.6 Å². The normalized spacial score (nSPS) is 10.7. The molecular formula is C58H58KN2O18+. The minimum atomic E-state index is -1.07. The van der Waals surface area contributed by atoms with Gasteiger partial charge in [-0.05, 0) is 128 Å². The predicted molar refractivity (Wildman–Crippen MR) is 287 cm³/mol. The molecule has 0 aliphatic heterocycles. The molecule has 0 saturated heterocycles. The number of carbonyl (C=O) groups is 7. The molecule has 7 N–H and O–H groups in total. The SMILES string of the molecule is CC(=O)C1=C[CH+]C(=O)C(C)=C1.CCOC(=O)COc1cccc(C=O)c1.CO.Cc1cc(-c2cc(-c3cccc(OCC(=O)O)c3)nc(=O)[nH]2)ccc1O.Cc1cc(C(=O)/C=C/c2cccc(OCC(=O)O)c2)ccc1O.[K+].[OH-]. The van der Waals surface area contributed by atoms with Crippen molar-refractivity contribution in [2.45, 2.75) is 34.6 Å². The van der Waals surface area contributed by atoms with E-state index in [1.54, 1.807) is 155 Å². The van der Waals surface area contributed by atoms with Crippen molar-refractivity contribution in [2.75, 3.05) is 33.5 Å². The van der Waals surface area contributed by atoms with Gasteiger partial charge in [0.15, 0.2) is 25.6 Å². The average molecular weight is 1110 g/mol. The zero-order chi connectivity index (χ0) is 57.0. The standard InChI is InChI=1S/C19H16N2O5.C18H16O5.C11H12O4.C9H9O2.CH4O.K.H2O/c1-11-7-13(5-6-17(11)22)16-9-15(20-19(25)21-16)12-3-2-4-14(8-12)26-10-18(23)24;1-12-9-14(6-8-16(12)19)17(20)7-5-13-3-2-4-15(10-13)23-11-18(21)22;1-2-14-11(13)8-15-10-5-3-4-9(6-10)7-12;1-6-5-8(7(2)10)3-4-9(6)11;1-2;;/h2-9,22H,10H2,1H3,(H,23,24)(H,20,21,25);2-10,19H,11H2,1H3,(H,21,22);3-7H,2,8H2,1H3;3-5H,1-2H3;2H,1H3;;1H2/q;;;+1;;+1;/p-1/b;7-5+;;;;;. The van der Waals surface area contributed by atoms with Gasteiger partial charge < -0.3 is 54.9 Å². The number of ketones is 3. The number of H-pyrrole nitrogens is 1. The molecule has 79 heavy (non-hydrogen) atoms. The number of carbonyl (C=O) groups excluding carboxylic acids is 5. The number of hydrogen-bond donors (Lipinski definition) is 6. The van der Waals surface area contributed by atoms with Crippen molar-refractivity contribution in [1.82, 2.24) is 9.97 Å². The van der Waals surface area contributed by atoms with Gasteiger partial charge in [-0.1, -0.05) is 42.5 Å². The molecule has 20 nitrogen and oxygen atoms in total. The second kappa shape index (κ2) is 35.9. The van der Waals surface area contributed by atoms with Crippen LogP contribution in [0.15, 0.2) is 149 Å². The van der Waals surface area contributed by atoms with E-state index in [-0.39, 0.29) is 92.3 Å². The first-order valence-electron chi connectivity index (χ1n) is 23.1. The second-order valence-electron chi connectivity index (χ2n) is 16.0. The minimum absolute atomic E-state index is 0. The van der Waals surface area contributed by atoms with E-state index in [9.17, 15) is 48.6 Å². The monoisotopic (exact) mass is 1110 g/mol. The van der Waals surface area contributed by atoms with E-state index in [1.807, 2.05) is 0 Å². The molecule has 5 aromatic carbocycles.